The maximum atomic E-state index is 4.72. The highest BCUT2D eigenvalue weighted by molar-refractivity contribution is 5.41. The van der Waals surface area contributed by atoms with E-state index in [1.165, 1.54) is 36.3 Å². The van der Waals surface area contributed by atoms with E-state index < -0.39 is 0 Å². The van der Waals surface area contributed by atoms with Crippen LogP contribution in [-0.2, 0) is 0 Å². The molecule has 0 aliphatic carbocycles. The lowest BCUT2D eigenvalue weighted by atomic mass is 10.0. The van der Waals surface area contributed by atoms with E-state index in [4.69, 9.17) is 4.98 Å². The Bertz CT molecular complexity index is 608. The Morgan fingerprint density at radius 3 is 2.52 bits per heavy atom. The van der Waals surface area contributed by atoms with Crippen molar-refractivity contribution in [3.63, 3.8) is 0 Å². The second-order valence-corrected chi connectivity index (χ2v) is 6.36. The molecule has 3 rings (SSSR count). The van der Waals surface area contributed by atoms with Crippen molar-refractivity contribution in [1.82, 2.24) is 14.5 Å². The van der Waals surface area contributed by atoms with Crippen LogP contribution in [0.4, 0.5) is 0 Å². The molecule has 3 nitrogen and oxygen atoms in total. The summed E-state index contributed by atoms with van der Waals surface area (Å²) in [5, 5.41) is 0. The lowest BCUT2D eigenvalue weighted by molar-refractivity contribution is 0.205. The van der Waals surface area contributed by atoms with Gasteiger partial charge in [-0.3, -0.25) is 4.90 Å². The Labute approximate surface area is 127 Å². The van der Waals surface area contributed by atoms with Crippen LogP contribution in [0.3, 0.4) is 0 Å². The molecule has 3 heterocycles. The molecule has 0 bridgehead atoms. The fourth-order valence-corrected chi connectivity index (χ4v) is 3.60. The van der Waals surface area contributed by atoms with Gasteiger partial charge in [0.2, 0.25) is 0 Å². The van der Waals surface area contributed by atoms with Gasteiger partial charge in [0, 0.05) is 35.2 Å². The number of aryl methyl sites for hydroxylation is 2. The molecule has 1 aliphatic rings. The van der Waals surface area contributed by atoms with Crippen molar-refractivity contribution < 1.29 is 0 Å². The molecule has 1 atom stereocenters. The van der Waals surface area contributed by atoms with Crippen molar-refractivity contribution in [1.29, 1.82) is 0 Å². The van der Waals surface area contributed by atoms with Gasteiger partial charge in [-0.15, -0.1) is 0 Å². The Kier molecular flexibility index (Phi) is 3.85. The summed E-state index contributed by atoms with van der Waals surface area (Å²) in [7, 11) is 0. The highest BCUT2D eigenvalue weighted by atomic mass is 15.2. The first-order valence-electron chi connectivity index (χ1n) is 7.95. The molecule has 112 valence electrons. The molecule has 0 spiro atoms. The summed E-state index contributed by atoms with van der Waals surface area (Å²) in [6, 6.07) is 9.74. The van der Waals surface area contributed by atoms with E-state index in [0.29, 0.717) is 12.1 Å². The quantitative estimate of drug-likeness (QED) is 0.848. The lowest BCUT2D eigenvalue weighted by Gasteiger charge is -2.30. The van der Waals surface area contributed by atoms with Crippen LogP contribution < -0.4 is 0 Å². The minimum absolute atomic E-state index is 0.495. The topological polar surface area (TPSA) is 21.1 Å². The van der Waals surface area contributed by atoms with Crippen LogP contribution in [0.25, 0.3) is 5.82 Å². The molecule has 1 fully saturated rings. The van der Waals surface area contributed by atoms with Crippen LogP contribution in [0.15, 0.2) is 30.5 Å². The van der Waals surface area contributed by atoms with Gasteiger partial charge in [0.05, 0.1) is 0 Å². The molecule has 2 aromatic heterocycles. The summed E-state index contributed by atoms with van der Waals surface area (Å²) >= 11 is 0. The molecule has 0 amide bonds. The maximum Gasteiger partial charge on any atom is 0.141 e. The van der Waals surface area contributed by atoms with Crippen molar-refractivity contribution in [2.24, 2.45) is 0 Å². The van der Waals surface area contributed by atoms with Crippen LogP contribution in [0.2, 0.25) is 0 Å². The lowest BCUT2D eigenvalue weighted by Crippen LogP contribution is -2.31. The minimum atomic E-state index is 0.495. The van der Waals surface area contributed by atoms with E-state index in [1.807, 2.05) is 6.20 Å². The third kappa shape index (κ3) is 2.51. The Hall–Kier alpha value is -1.61. The van der Waals surface area contributed by atoms with Crippen LogP contribution in [0, 0.1) is 13.8 Å². The molecular weight excluding hydrogens is 258 g/mol. The van der Waals surface area contributed by atoms with E-state index in [-0.39, 0.29) is 0 Å². The second-order valence-electron chi connectivity index (χ2n) is 6.36. The molecule has 0 N–H and O–H groups in total. The number of nitrogens with zero attached hydrogens (tertiary/aromatic N) is 3. The molecule has 0 unspecified atom stereocenters. The number of hydrogen-bond acceptors (Lipinski definition) is 2. The first-order chi connectivity index (χ1) is 10.1. The molecule has 2 aromatic rings. The van der Waals surface area contributed by atoms with Crippen molar-refractivity contribution in [2.45, 2.75) is 52.6 Å². The Morgan fingerprint density at radius 1 is 1.14 bits per heavy atom. The van der Waals surface area contributed by atoms with Gasteiger partial charge in [-0.25, -0.2) is 4.98 Å². The van der Waals surface area contributed by atoms with Gasteiger partial charge < -0.3 is 4.57 Å². The van der Waals surface area contributed by atoms with Gasteiger partial charge in [0.1, 0.15) is 5.82 Å². The number of aromatic nitrogens is 2. The molecule has 1 aliphatic heterocycles. The fraction of sp³-hybridized carbons (Fsp3) is 0.500. The van der Waals surface area contributed by atoms with Crippen molar-refractivity contribution in [3.05, 3.63) is 47.4 Å². The fourth-order valence-electron chi connectivity index (χ4n) is 3.60. The summed E-state index contributed by atoms with van der Waals surface area (Å²) in [5.41, 5.74) is 3.87. The SMILES string of the molecule is Cc1ccc(C)n1-c1ncccc1[C@@H]1CCCN1C(C)C. The van der Waals surface area contributed by atoms with E-state index in [9.17, 15) is 0 Å². The second kappa shape index (κ2) is 5.64. The van der Waals surface area contributed by atoms with Crippen molar-refractivity contribution in [2.75, 3.05) is 6.54 Å². The molecule has 3 heteroatoms. The molecular formula is C18H25N3. The third-order valence-corrected chi connectivity index (χ3v) is 4.62. The molecule has 0 aromatic carbocycles. The molecule has 21 heavy (non-hydrogen) atoms. The van der Waals surface area contributed by atoms with Crippen LogP contribution in [-0.4, -0.2) is 27.0 Å². The van der Waals surface area contributed by atoms with Gasteiger partial charge >= 0.3 is 0 Å². The van der Waals surface area contributed by atoms with E-state index >= 15 is 0 Å². The summed E-state index contributed by atoms with van der Waals surface area (Å²) < 4.78 is 2.28. The summed E-state index contributed by atoms with van der Waals surface area (Å²) in [6.07, 6.45) is 4.42. The molecule has 0 radical (unpaired) electrons. The third-order valence-electron chi connectivity index (χ3n) is 4.62. The normalized spacial score (nSPS) is 19.6. The number of pyridine rings is 1. The average Bonchev–Trinajstić information content (AvgIpc) is 3.06. The highest BCUT2D eigenvalue weighted by Gasteiger charge is 2.30. The zero-order valence-corrected chi connectivity index (χ0v) is 13.5. The summed E-state index contributed by atoms with van der Waals surface area (Å²) in [4.78, 5) is 7.32. The van der Waals surface area contributed by atoms with Gasteiger partial charge in [-0.2, -0.15) is 0 Å². The zero-order valence-electron chi connectivity index (χ0n) is 13.5. The predicted octanol–water partition coefficient (Wildman–Crippen LogP) is 4.03. The van der Waals surface area contributed by atoms with Crippen molar-refractivity contribution >= 4 is 0 Å². The Morgan fingerprint density at radius 2 is 1.86 bits per heavy atom. The van der Waals surface area contributed by atoms with Gasteiger partial charge in [0.25, 0.3) is 0 Å². The summed E-state index contributed by atoms with van der Waals surface area (Å²) in [5.74, 6) is 1.11. The van der Waals surface area contributed by atoms with Gasteiger partial charge in [-0.1, -0.05) is 6.07 Å². The summed E-state index contributed by atoms with van der Waals surface area (Å²) in [6.45, 7) is 10.1. The first kappa shape index (κ1) is 14.3. The van der Waals surface area contributed by atoms with Gasteiger partial charge in [-0.05, 0) is 65.3 Å². The number of likely N-dealkylation sites (tertiary alicyclic amines) is 1. The highest BCUT2D eigenvalue weighted by Crippen LogP contribution is 2.36. The first-order valence-corrected chi connectivity index (χ1v) is 7.95. The maximum absolute atomic E-state index is 4.72. The smallest absolute Gasteiger partial charge is 0.141 e. The monoisotopic (exact) mass is 283 g/mol. The molecule has 0 saturated carbocycles. The Balaban J connectivity index is 2.09. The predicted molar refractivity (Wildman–Crippen MR) is 86.9 cm³/mol. The zero-order chi connectivity index (χ0) is 15.0. The van der Waals surface area contributed by atoms with Crippen LogP contribution >= 0.6 is 0 Å². The number of rotatable bonds is 3. The number of hydrogen-bond donors (Lipinski definition) is 0. The van der Waals surface area contributed by atoms with Crippen LogP contribution in [0.5, 0.6) is 0 Å². The standard InChI is InChI=1S/C18H25N3/c1-13(2)20-12-6-8-17(20)16-7-5-11-19-18(16)21-14(3)9-10-15(21)4/h5,7,9-11,13,17H,6,8,12H2,1-4H3/t17-/m0/s1. The average molecular weight is 283 g/mol. The largest absolute Gasteiger partial charge is 0.303 e. The van der Waals surface area contributed by atoms with E-state index in [1.54, 1.807) is 0 Å². The van der Waals surface area contributed by atoms with Crippen molar-refractivity contribution in [3.8, 4) is 5.82 Å². The minimum Gasteiger partial charge on any atom is -0.303 e. The van der Waals surface area contributed by atoms with Gasteiger partial charge in [0.15, 0.2) is 0 Å². The van der Waals surface area contributed by atoms with E-state index in [2.05, 4.69) is 61.4 Å². The van der Waals surface area contributed by atoms with E-state index in [0.717, 1.165) is 5.82 Å². The molecule has 1 saturated heterocycles. The van der Waals surface area contributed by atoms with Crippen LogP contribution in [0.1, 0.15) is 49.7 Å².